The van der Waals surface area contributed by atoms with E-state index in [2.05, 4.69) is 23.4 Å². The van der Waals surface area contributed by atoms with Gasteiger partial charge in [-0.2, -0.15) is 0 Å². The number of aliphatic carboxylic acids is 1. The van der Waals surface area contributed by atoms with Crippen molar-refractivity contribution in [3.63, 3.8) is 0 Å². The van der Waals surface area contributed by atoms with Gasteiger partial charge in [-0.05, 0) is 20.3 Å². The van der Waals surface area contributed by atoms with Crippen molar-refractivity contribution < 1.29 is 14.6 Å². The second-order valence-electron chi connectivity index (χ2n) is 3.95. The minimum absolute atomic E-state index is 0.0293. The quantitative estimate of drug-likeness (QED) is 0.735. The Morgan fingerprint density at radius 1 is 1.61 bits per heavy atom. The molecule has 102 valence electrons. The Kier molecular flexibility index (Phi) is 6.21. The number of hydrogen-bond acceptors (Lipinski definition) is 4. The van der Waals surface area contributed by atoms with E-state index in [0.717, 1.165) is 17.3 Å². The Morgan fingerprint density at radius 3 is 2.89 bits per heavy atom. The lowest BCUT2D eigenvalue weighted by Gasteiger charge is -2.18. The molecule has 1 unspecified atom stereocenters. The van der Waals surface area contributed by atoms with Crippen LogP contribution in [0.25, 0.3) is 0 Å². The van der Waals surface area contributed by atoms with E-state index in [4.69, 9.17) is 9.84 Å². The van der Waals surface area contributed by atoms with Crippen LogP contribution in [0, 0.1) is 0 Å². The molecule has 1 atom stereocenters. The minimum Gasteiger partial charge on any atom is -0.481 e. The molecule has 0 fully saturated rings. The van der Waals surface area contributed by atoms with E-state index in [-0.39, 0.29) is 11.8 Å². The summed E-state index contributed by atoms with van der Waals surface area (Å²) < 4.78 is 7.50. The van der Waals surface area contributed by atoms with Gasteiger partial charge >= 0.3 is 5.97 Å². The molecule has 5 nitrogen and oxygen atoms in total. The first-order chi connectivity index (χ1) is 8.60. The van der Waals surface area contributed by atoms with Crippen molar-refractivity contribution >= 4 is 17.7 Å². The average Bonchev–Trinajstić information content (AvgIpc) is 2.76. The smallest absolute Gasteiger partial charge is 0.313 e. The third kappa shape index (κ3) is 4.03. The van der Waals surface area contributed by atoms with E-state index in [0.29, 0.717) is 13.2 Å². The second-order valence-corrected chi connectivity index (χ2v) is 4.89. The van der Waals surface area contributed by atoms with Crippen LogP contribution in [0.1, 0.15) is 32.5 Å². The van der Waals surface area contributed by atoms with Gasteiger partial charge in [-0.15, -0.1) is 0 Å². The summed E-state index contributed by atoms with van der Waals surface area (Å²) in [5.74, 6) is -0.799. The van der Waals surface area contributed by atoms with Crippen LogP contribution in [0.3, 0.4) is 0 Å². The number of nitrogens with zero attached hydrogens (tertiary/aromatic N) is 2. The van der Waals surface area contributed by atoms with Gasteiger partial charge in [-0.25, -0.2) is 4.98 Å². The summed E-state index contributed by atoms with van der Waals surface area (Å²) in [5.41, 5.74) is 1.11. The van der Waals surface area contributed by atoms with Gasteiger partial charge in [0, 0.05) is 18.5 Å². The lowest BCUT2D eigenvalue weighted by molar-refractivity contribution is -0.133. The number of carbonyl (C=O) groups is 1. The fraction of sp³-hybridized carbons (Fsp3) is 0.667. The van der Waals surface area contributed by atoms with Crippen molar-refractivity contribution in [1.29, 1.82) is 0 Å². The van der Waals surface area contributed by atoms with E-state index in [1.807, 2.05) is 13.1 Å². The number of imidazole rings is 1. The van der Waals surface area contributed by atoms with E-state index < -0.39 is 5.97 Å². The summed E-state index contributed by atoms with van der Waals surface area (Å²) in [6, 6.07) is 0.165. The normalized spacial score (nSPS) is 12.6. The molecule has 18 heavy (non-hydrogen) atoms. The maximum absolute atomic E-state index is 10.6. The average molecular weight is 272 g/mol. The summed E-state index contributed by atoms with van der Waals surface area (Å²) in [4.78, 5) is 14.9. The molecule has 0 bridgehead atoms. The van der Waals surface area contributed by atoms with Gasteiger partial charge in [0.25, 0.3) is 0 Å². The summed E-state index contributed by atoms with van der Waals surface area (Å²) in [7, 11) is 0. The third-order valence-electron chi connectivity index (χ3n) is 2.53. The van der Waals surface area contributed by atoms with Crippen LogP contribution in [0.4, 0.5) is 0 Å². The number of carboxylic acids is 1. The first kappa shape index (κ1) is 15.0. The van der Waals surface area contributed by atoms with Crippen LogP contribution in [0.15, 0.2) is 11.4 Å². The number of carboxylic acid groups (broad SMARTS) is 1. The molecule has 6 heteroatoms. The molecular weight excluding hydrogens is 252 g/mol. The van der Waals surface area contributed by atoms with Crippen molar-refractivity contribution in [3.8, 4) is 0 Å². The topological polar surface area (TPSA) is 64.4 Å². The van der Waals surface area contributed by atoms with Crippen LogP contribution < -0.4 is 0 Å². The summed E-state index contributed by atoms with van der Waals surface area (Å²) in [6.45, 7) is 7.37. The van der Waals surface area contributed by atoms with Gasteiger partial charge in [0.2, 0.25) is 0 Å². The maximum atomic E-state index is 10.6. The number of hydrogen-bond donors (Lipinski definition) is 1. The standard InChI is InChI=1S/C12H20N2O3S/c1-4-10-6-13-12(18-8-11(15)16)14(10)9(3)7-17-5-2/h6,9H,4-5,7-8H2,1-3H3,(H,15,16). The Hall–Kier alpha value is -1.01. The molecule has 0 saturated carbocycles. The van der Waals surface area contributed by atoms with Crippen LogP contribution in [-0.4, -0.2) is 39.6 Å². The molecule has 0 saturated heterocycles. The highest BCUT2D eigenvalue weighted by molar-refractivity contribution is 7.99. The Morgan fingerprint density at radius 2 is 2.33 bits per heavy atom. The molecule has 0 aromatic carbocycles. The molecule has 0 spiro atoms. The van der Waals surface area contributed by atoms with Crippen LogP contribution in [0.2, 0.25) is 0 Å². The lowest BCUT2D eigenvalue weighted by atomic mass is 10.3. The first-order valence-electron chi connectivity index (χ1n) is 6.08. The predicted octanol–water partition coefficient (Wildman–Crippen LogP) is 2.22. The molecule has 0 radical (unpaired) electrons. The first-order valence-corrected chi connectivity index (χ1v) is 7.07. The largest absolute Gasteiger partial charge is 0.481 e. The Bertz CT molecular complexity index is 393. The molecular formula is C12H20N2O3S. The third-order valence-corrected chi connectivity index (χ3v) is 3.48. The number of ether oxygens (including phenoxy) is 1. The molecule has 1 heterocycles. The second kappa shape index (κ2) is 7.43. The van der Waals surface area contributed by atoms with Gasteiger partial charge in [0.15, 0.2) is 5.16 Å². The number of aryl methyl sites for hydroxylation is 1. The Labute approximate surface area is 112 Å². The molecule has 1 N–H and O–H groups in total. The highest BCUT2D eigenvalue weighted by Gasteiger charge is 2.16. The lowest BCUT2D eigenvalue weighted by Crippen LogP contribution is -2.16. The summed E-state index contributed by atoms with van der Waals surface area (Å²) >= 11 is 1.25. The molecule has 0 aliphatic heterocycles. The van der Waals surface area contributed by atoms with E-state index in [9.17, 15) is 4.79 Å². The SMILES string of the molecule is CCOCC(C)n1c(CC)cnc1SCC(=O)O. The van der Waals surface area contributed by atoms with E-state index in [1.165, 1.54) is 11.8 Å². The molecule has 0 amide bonds. The summed E-state index contributed by atoms with van der Waals surface area (Å²) in [5, 5.41) is 9.48. The van der Waals surface area contributed by atoms with Gasteiger partial charge in [-0.3, -0.25) is 4.79 Å². The zero-order valence-corrected chi connectivity index (χ0v) is 11.9. The zero-order valence-electron chi connectivity index (χ0n) is 11.0. The molecule has 1 aromatic heterocycles. The van der Waals surface area contributed by atoms with Gasteiger partial charge in [0.05, 0.1) is 18.4 Å². The fourth-order valence-corrected chi connectivity index (χ4v) is 2.52. The van der Waals surface area contributed by atoms with Gasteiger partial charge < -0.3 is 14.4 Å². The summed E-state index contributed by atoms with van der Waals surface area (Å²) in [6.07, 6.45) is 2.68. The molecule has 0 aliphatic rings. The monoisotopic (exact) mass is 272 g/mol. The van der Waals surface area contributed by atoms with Crippen LogP contribution in [-0.2, 0) is 16.0 Å². The van der Waals surface area contributed by atoms with Crippen molar-refractivity contribution in [3.05, 3.63) is 11.9 Å². The minimum atomic E-state index is -0.829. The fourth-order valence-electron chi connectivity index (χ4n) is 1.71. The number of rotatable bonds is 8. The highest BCUT2D eigenvalue weighted by Crippen LogP contribution is 2.23. The maximum Gasteiger partial charge on any atom is 0.313 e. The van der Waals surface area contributed by atoms with Crippen molar-refractivity contribution in [2.24, 2.45) is 0 Å². The van der Waals surface area contributed by atoms with Crippen LogP contribution >= 0.6 is 11.8 Å². The van der Waals surface area contributed by atoms with Crippen molar-refractivity contribution in [2.45, 2.75) is 38.4 Å². The van der Waals surface area contributed by atoms with Gasteiger partial charge in [0.1, 0.15) is 0 Å². The number of aromatic nitrogens is 2. The van der Waals surface area contributed by atoms with Gasteiger partial charge in [-0.1, -0.05) is 18.7 Å². The van der Waals surface area contributed by atoms with E-state index in [1.54, 1.807) is 0 Å². The van der Waals surface area contributed by atoms with Crippen molar-refractivity contribution in [1.82, 2.24) is 9.55 Å². The molecule has 1 rings (SSSR count). The predicted molar refractivity (Wildman–Crippen MR) is 71.2 cm³/mol. The number of thioether (sulfide) groups is 1. The molecule has 1 aromatic rings. The zero-order chi connectivity index (χ0) is 13.5. The molecule has 0 aliphatic carbocycles. The van der Waals surface area contributed by atoms with E-state index >= 15 is 0 Å². The van der Waals surface area contributed by atoms with Crippen molar-refractivity contribution in [2.75, 3.05) is 19.0 Å². The van der Waals surface area contributed by atoms with Crippen LogP contribution in [0.5, 0.6) is 0 Å². The highest BCUT2D eigenvalue weighted by atomic mass is 32.2. The Balaban J connectivity index is 2.83.